The lowest BCUT2D eigenvalue weighted by Gasteiger charge is -2.10. The minimum atomic E-state index is -0.507. The summed E-state index contributed by atoms with van der Waals surface area (Å²) in [5.74, 6) is -0.0120. The summed E-state index contributed by atoms with van der Waals surface area (Å²) in [5, 5.41) is 9.35. The number of halogens is 2. The van der Waals surface area contributed by atoms with E-state index in [0.717, 1.165) is 0 Å². The second kappa shape index (κ2) is 7.25. The van der Waals surface area contributed by atoms with Crippen molar-refractivity contribution in [1.29, 1.82) is 5.26 Å². The third kappa shape index (κ3) is 3.66. The van der Waals surface area contributed by atoms with E-state index in [1.54, 1.807) is 30.3 Å². The van der Waals surface area contributed by atoms with Gasteiger partial charge in [-0.3, -0.25) is 0 Å². The third-order valence-electron chi connectivity index (χ3n) is 3.56. The predicted molar refractivity (Wildman–Crippen MR) is 96.7 cm³/mol. The van der Waals surface area contributed by atoms with Gasteiger partial charge in [-0.2, -0.15) is 10.2 Å². The van der Waals surface area contributed by atoms with Crippen LogP contribution in [0.5, 0.6) is 5.75 Å². The Morgan fingerprint density at radius 3 is 2.69 bits per heavy atom. The molecule has 0 spiro atoms. The second-order valence-electron chi connectivity index (χ2n) is 5.37. The monoisotopic (exact) mass is 369 g/mol. The molecule has 3 aromatic rings. The molecule has 0 aliphatic heterocycles. The molecule has 0 amide bonds. The summed E-state index contributed by atoms with van der Waals surface area (Å²) in [6.07, 6.45) is 0. The van der Waals surface area contributed by atoms with Gasteiger partial charge < -0.3 is 16.2 Å². The molecule has 0 unspecified atom stereocenters. The molecule has 6 nitrogen and oxygen atoms in total. The van der Waals surface area contributed by atoms with Crippen LogP contribution in [0.4, 0.5) is 16.2 Å². The summed E-state index contributed by atoms with van der Waals surface area (Å²) in [4.78, 5) is 7.89. The summed E-state index contributed by atoms with van der Waals surface area (Å²) < 4.78 is 19.2. The molecular formula is C18H13ClFN5O. The average molecular weight is 370 g/mol. The lowest BCUT2D eigenvalue weighted by Crippen LogP contribution is -2.05. The Labute approximate surface area is 153 Å². The van der Waals surface area contributed by atoms with Gasteiger partial charge in [-0.15, -0.1) is 0 Å². The normalized spacial score (nSPS) is 10.3. The van der Waals surface area contributed by atoms with Gasteiger partial charge in [0.25, 0.3) is 0 Å². The highest BCUT2D eigenvalue weighted by atomic mass is 35.5. The van der Waals surface area contributed by atoms with E-state index in [0.29, 0.717) is 22.6 Å². The fourth-order valence-corrected chi connectivity index (χ4v) is 2.46. The molecule has 2 aromatic carbocycles. The minimum absolute atomic E-state index is 0.0120. The van der Waals surface area contributed by atoms with Crippen LogP contribution in [-0.4, -0.2) is 9.97 Å². The number of aromatic nitrogens is 2. The lowest BCUT2D eigenvalue weighted by atomic mass is 10.1. The van der Waals surface area contributed by atoms with Crippen molar-refractivity contribution >= 4 is 23.4 Å². The Balaban J connectivity index is 1.87. The molecule has 3 rings (SSSR count). The highest BCUT2D eigenvalue weighted by Crippen LogP contribution is 2.28. The average Bonchev–Trinajstić information content (AvgIpc) is 2.62. The summed E-state index contributed by atoms with van der Waals surface area (Å²) in [7, 11) is 0. The molecule has 0 bridgehead atoms. The maximum absolute atomic E-state index is 13.5. The number of hydrogen-bond donors (Lipinski definition) is 2. The summed E-state index contributed by atoms with van der Waals surface area (Å²) in [5.41, 5.74) is 13.1. The van der Waals surface area contributed by atoms with Crippen LogP contribution in [0.25, 0.3) is 11.3 Å². The van der Waals surface area contributed by atoms with E-state index in [2.05, 4.69) is 9.97 Å². The first-order valence-corrected chi connectivity index (χ1v) is 7.86. The fourth-order valence-electron chi connectivity index (χ4n) is 2.34. The molecule has 0 atom stereocenters. The van der Waals surface area contributed by atoms with E-state index in [4.69, 9.17) is 27.8 Å². The molecule has 0 saturated heterocycles. The standard InChI is InChI=1S/C18H13ClFN5O/c19-14-5-4-10(6-15(14)20)9-26-12-3-1-2-11(7-12)16-13(8-21)17(22)25-18(23)24-16/h1-7H,9H2,(H4,22,23,24,25). The van der Waals surface area contributed by atoms with E-state index < -0.39 is 5.82 Å². The Morgan fingerprint density at radius 1 is 1.15 bits per heavy atom. The highest BCUT2D eigenvalue weighted by molar-refractivity contribution is 6.30. The first kappa shape index (κ1) is 17.5. The molecule has 8 heteroatoms. The van der Waals surface area contributed by atoms with Crippen molar-refractivity contribution < 1.29 is 9.13 Å². The van der Waals surface area contributed by atoms with E-state index in [1.165, 1.54) is 12.1 Å². The molecule has 1 aromatic heterocycles. The molecule has 4 N–H and O–H groups in total. The zero-order valence-corrected chi connectivity index (χ0v) is 14.2. The zero-order valence-electron chi connectivity index (χ0n) is 13.4. The highest BCUT2D eigenvalue weighted by Gasteiger charge is 2.13. The Morgan fingerprint density at radius 2 is 1.96 bits per heavy atom. The predicted octanol–water partition coefficient (Wildman–Crippen LogP) is 3.55. The zero-order chi connectivity index (χ0) is 18.7. The molecule has 0 aliphatic carbocycles. The number of nitrogens with two attached hydrogens (primary N) is 2. The Kier molecular flexibility index (Phi) is 4.87. The second-order valence-corrected chi connectivity index (χ2v) is 5.77. The number of hydrogen-bond acceptors (Lipinski definition) is 6. The number of rotatable bonds is 4. The summed E-state index contributed by atoms with van der Waals surface area (Å²) >= 11 is 5.67. The molecule has 0 saturated carbocycles. The Bertz CT molecular complexity index is 1020. The topological polar surface area (TPSA) is 111 Å². The van der Waals surface area contributed by atoms with Crippen LogP contribution in [0.15, 0.2) is 42.5 Å². The maximum atomic E-state index is 13.5. The van der Waals surface area contributed by atoms with Crippen LogP contribution in [0.2, 0.25) is 5.02 Å². The van der Waals surface area contributed by atoms with Crippen LogP contribution < -0.4 is 16.2 Å². The van der Waals surface area contributed by atoms with Crippen molar-refractivity contribution in [3.8, 4) is 23.1 Å². The van der Waals surface area contributed by atoms with Crippen molar-refractivity contribution in [2.45, 2.75) is 6.61 Å². The number of benzene rings is 2. The van der Waals surface area contributed by atoms with Crippen molar-refractivity contribution in [3.05, 3.63) is 64.4 Å². The van der Waals surface area contributed by atoms with Crippen molar-refractivity contribution in [2.75, 3.05) is 11.5 Å². The third-order valence-corrected chi connectivity index (χ3v) is 3.87. The fraction of sp³-hybridized carbons (Fsp3) is 0.0556. The van der Waals surface area contributed by atoms with Gasteiger partial charge in [0.15, 0.2) is 0 Å². The van der Waals surface area contributed by atoms with Crippen molar-refractivity contribution in [1.82, 2.24) is 9.97 Å². The Hall–Kier alpha value is -3.37. The van der Waals surface area contributed by atoms with Gasteiger partial charge in [-0.1, -0.05) is 29.8 Å². The molecule has 26 heavy (non-hydrogen) atoms. The molecule has 1 heterocycles. The maximum Gasteiger partial charge on any atom is 0.222 e. The minimum Gasteiger partial charge on any atom is -0.489 e. The van der Waals surface area contributed by atoms with E-state index >= 15 is 0 Å². The molecule has 0 aliphatic rings. The first-order chi connectivity index (χ1) is 12.5. The van der Waals surface area contributed by atoms with Crippen LogP contribution in [0, 0.1) is 17.1 Å². The summed E-state index contributed by atoms with van der Waals surface area (Å²) in [6.45, 7) is 0.150. The first-order valence-electron chi connectivity index (χ1n) is 7.48. The van der Waals surface area contributed by atoms with Gasteiger partial charge in [0.2, 0.25) is 5.95 Å². The number of nitriles is 1. The van der Waals surface area contributed by atoms with Crippen LogP contribution in [0.1, 0.15) is 11.1 Å². The lowest BCUT2D eigenvalue weighted by molar-refractivity contribution is 0.305. The van der Waals surface area contributed by atoms with Gasteiger partial charge in [0.05, 0.1) is 10.7 Å². The van der Waals surface area contributed by atoms with Crippen molar-refractivity contribution in [2.24, 2.45) is 0 Å². The molecule has 0 fully saturated rings. The number of ether oxygens (including phenoxy) is 1. The van der Waals surface area contributed by atoms with Crippen molar-refractivity contribution in [3.63, 3.8) is 0 Å². The molecule has 130 valence electrons. The largest absolute Gasteiger partial charge is 0.489 e. The van der Waals surface area contributed by atoms with Crippen LogP contribution in [0.3, 0.4) is 0 Å². The van der Waals surface area contributed by atoms with Gasteiger partial charge in [-0.25, -0.2) is 9.37 Å². The van der Waals surface area contributed by atoms with E-state index in [1.807, 2.05) is 6.07 Å². The van der Waals surface area contributed by atoms with Crippen LogP contribution in [-0.2, 0) is 6.61 Å². The molecular weight excluding hydrogens is 357 g/mol. The van der Waals surface area contributed by atoms with Gasteiger partial charge in [0.1, 0.15) is 35.6 Å². The quantitative estimate of drug-likeness (QED) is 0.727. The number of nitrogens with zero attached hydrogens (tertiary/aromatic N) is 3. The number of anilines is 2. The summed E-state index contributed by atoms with van der Waals surface area (Å²) in [6, 6.07) is 13.3. The SMILES string of the molecule is N#Cc1c(N)nc(N)nc1-c1cccc(OCc2ccc(Cl)c(F)c2)c1. The number of nitrogen functional groups attached to an aromatic ring is 2. The van der Waals surface area contributed by atoms with Crippen LogP contribution >= 0.6 is 11.6 Å². The van der Waals surface area contributed by atoms with Gasteiger partial charge >= 0.3 is 0 Å². The van der Waals surface area contributed by atoms with Gasteiger partial charge in [-0.05, 0) is 29.8 Å². The van der Waals surface area contributed by atoms with E-state index in [9.17, 15) is 9.65 Å². The van der Waals surface area contributed by atoms with E-state index in [-0.39, 0.29) is 29.0 Å². The van der Waals surface area contributed by atoms with Gasteiger partial charge in [0, 0.05) is 5.56 Å². The smallest absolute Gasteiger partial charge is 0.222 e. The molecule has 0 radical (unpaired) electrons.